The van der Waals surface area contributed by atoms with E-state index >= 15 is 0 Å². The fourth-order valence-corrected chi connectivity index (χ4v) is 1.03. The van der Waals surface area contributed by atoms with Crippen LogP contribution in [0.5, 0.6) is 0 Å². The van der Waals surface area contributed by atoms with Crippen molar-refractivity contribution in [1.82, 2.24) is 19.9 Å². The molecule has 14 heavy (non-hydrogen) atoms. The molecule has 0 aliphatic rings. The summed E-state index contributed by atoms with van der Waals surface area (Å²) in [6.45, 7) is 0.391. The van der Waals surface area contributed by atoms with E-state index in [1.54, 1.807) is 30.7 Å². The van der Waals surface area contributed by atoms with Gasteiger partial charge in [-0.3, -0.25) is 0 Å². The molecule has 2 aromatic heterocycles. The van der Waals surface area contributed by atoms with Gasteiger partial charge >= 0.3 is 0 Å². The van der Waals surface area contributed by atoms with E-state index < -0.39 is 0 Å². The smallest absolute Gasteiger partial charge is 0.197 e. The maximum absolute atomic E-state index is 5.47. The Labute approximate surface area is 81.1 Å². The van der Waals surface area contributed by atoms with Crippen molar-refractivity contribution in [3.63, 3.8) is 0 Å². The highest BCUT2D eigenvalue weighted by molar-refractivity contribution is 5.41. The van der Waals surface area contributed by atoms with Crippen molar-refractivity contribution >= 4 is 0 Å². The van der Waals surface area contributed by atoms with Crippen LogP contribution in [0.25, 0.3) is 11.6 Å². The molecule has 0 spiro atoms. The van der Waals surface area contributed by atoms with Gasteiger partial charge in [-0.1, -0.05) is 0 Å². The van der Waals surface area contributed by atoms with E-state index in [9.17, 15) is 0 Å². The number of nitrogens with two attached hydrogens (primary N) is 1. The van der Waals surface area contributed by atoms with Crippen LogP contribution in [0.1, 0.15) is 5.69 Å². The first-order chi connectivity index (χ1) is 6.90. The van der Waals surface area contributed by atoms with Gasteiger partial charge in [-0.25, -0.2) is 19.9 Å². The topological polar surface area (TPSA) is 77.6 Å². The Morgan fingerprint density at radius 3 is 2.43 bits per heavy atom. The lowest BCUT2D eigenvalue weighted by atomic mass is 10.4. The van der Waals surface area contributed by atoms with Gasteiger partial charge in [0.15, 0.2) is 11.6 Å². The van der Waals surface area contributed by atoms with Crippen LogP contribution in [-0.2, 0) is 6.54 Å². The molecule has 0 unspecified atom stereocenters. The summed E-state index contributed by atoms with van der Waals surface area (Å²) in [6.07, 6.45) is 4.96. The van der Waals surface area contributed by atoms with Crippen LogP contribution in [0.3, 0.4) is 0 Å². The number of nitrogens with zero attached hydrogens (tertiary/aromatic N) is 4. The third-order valence-corrected chi connectivity index (χ3v) is 1.69. The average molecular weight is 187 g/mol. The molecule has 0 aliphatic heterocycles. The molecule has 0 aliphatic carbocycles. The fraction of sp³-hybridized carbons (Fsp3) is 0.111. The summed E-state index contributed by atoms with van der Waals surface area (Å²) in [7, 11) is 0. The molecule has 2 rings (SSSR count). The second-order valence-corrected chi connectivity index (χ2v) is 2.65. The lowest BCUT2D eigenvalue weighted by Crippen LogP contribution is -2.02. The van der Waals surface area contributed by atoms with E-state index in [1.165, 1.54) is 0 Å². The second kappa shape index (κ2) is 3.89. The number of hydrogen-bond acceptors (Lipinski definition) is 5. The van der Waals surface area contributed by atoms with Gasteiger partial charge < -0.3 is 5.73 Å². The van der Waals surface area contributed by atoms with E-state index in [2.05, 4.69) is 19.9 Å². The molecule has 0 aromatic carbocycles. The third kappa shape index (κ3) is 1.72. The maximum atomic E-state index is 5.47. The summed E-state index contributed by atoms with van der Waals surface area (Å²) >= 11 is 0. The predicted molar refractivity (Wildman–Crippen MR) is 50.9 cm³/mol. The maximum Gasteiger partial charge on any atom is 0.197 e. The Kier molecular flexibility index (Phi) is 2.42. The standard InChI is InChI=1S/C9H9N5/c10-6-7-2-5-13-9(14-7)8-11-3-1-4-12-8/h1-5H,6,10H2. The minimum atomic E-state index is 0.391. The first-order valence-electron chi connectivity index (χ1n) is 4.19. The van der Waals surface area contributed by atoms with E-state index in [0.29, 0.717) is 18.2 Å². The highest BCUT2D eigenvalue weighted by Gasteiger charge is 2.03. The van der Waals surface area contributed by atoms with Gasteiger partial charge in [0.25, 0.3) is 0 Å². The van der Waals surface area contributed by atoms with E-state index in [0.717, 1.165) is 5.69 Å². The Hall–Kier alpha value is -1.88. The zero-order chi connectivity index (χ0) is 9.80. The lowest BCUT2D eigenvalue weighted by Gasteiger charge is -1.99. The quantitative estimate of drug-likeness (QED) is 0.735. The first-order valence-corrected chi connectivity index (χ1v) is 4.19. The van der Waals surface area contributed by atoms with Crippen LogP contribution in [0.4, 0.5) is 0 Å². The van der Waals surface area contributed by atoms with Crippen LogP contribution >= 0.6 is 0 Å². The largest absolute Gasteiger partial charge is 0.325 e. The molecule has 5 heteroatoms. The SMILES string of the molecule is NCc1ccnc(-c2ncccn2)n1. The van der Waals surface area contributed by atoms with Gasteiger partial charge in [0.2, 0.25) is 0 Å². The van der Waals surface area contributed by atoms with Crippen molar-refractivity contribution in [2.24, 2.45) is 5.73 Å². The van der Waals surface area contributed by atoms with Crippen LogP contribution in [0.15, 0.2) is 30.7 Å². The van der Waals surface area contributed by atoms with Gasteiger partial charge in [-0.05, 0) is 12.1 Å². The third-order valence-electron chi connectivity index (χ3n) is 1.69. The van der Waals surface area contributed by atoms with Gasteiger partial charge in [0, 0.05) is 25.1 Å². The van der Waals surface area contributed by atoms with Crippen LogP contribution in [0.2, 0.25) is 0 Å². The molecule has 0 bridgehead atoms. The molecule has 2 heterocycles. The number of hydrogen-bond donors (Lipinski definition) is 1. The molecule has 2 aromatic rings. The van der Waals surface area contributed by atoms with Gasteiger partial charge in [-0.15, -0.1) is 0 Å². The minimum Gasteiger partial charge on any atom is -0.325 e. The summed E-state index contributed by atoms with van der Waals surface area (Å²) in [4.78, 5) is 16.4. The monoisotopic (exact) mass is 187 g/mol. The Morgan fingerprint density at radius 2 is 1.71 bits per heavy atom. The van der Waals surface area contributed by atoms with E-state index in [1.807, 2.05) is 0 Å². The van der Waals surface area contributed by atoms with Crippen molar-refractivity contribution in [3.05, 3.63) is 36.4 Å². The van der Waals surface area contributed by atoms with Crippen LogP contribution in [-0.4, -0.2) is 19.9 Å². The van der Waals surface area contributed by atoms with Gasteiger partial charge in [0.05, 0.1) is 5.69 Å². The first kappa shape index (κ1) is 8.71. The molecule has 0 saturated carbocycles. The molecule has 0 atom stereocenters. The van der Waals surface area contributed by atoms with Crippen molar-refractivity contribution in [2.45, 2.75) is 6.54 Å². The highest BCUT2D eigenvalue weighted by atomic mass is 15.0. The van der Waals surface area contributed by atoms with E-state index in [-0.39, 0.29) is 0 Å². The molecule has 0 saturated heterocycles. The summed E-state index contributed by atoms with van der Waals surface area (Å²) < 4.78 is 0. The van der Waals surface area contributed by atoms with Crippen LogP contribution in [0, 0.1) is 0 Å². The molecule has 0 radical (unpaired) electrons. The Morgan fingerprint density at radius 1 is 1.00 bits per heavy atom. The fourth-order valence-electron chi connectivity index (χ4n) is 1.03. The zero-order valence-electron chi connectivity index (χ0n) is 7.46. The highest BCUT2D eigenvalue weighted by Crippen LogP contribution is 2.06. The van der Waals surface area contributed by atoms with Gasteiger partial charge in [0.1, 0.15) is 0 Å². The normalized spacial score (nSPS) is 10.1. The summed E-state index contributed by atoms with van der Waals surface area (Å²) in [6, 6.07) is 3.52. The number of rotatable bonds is 2. The van der Waals surface area contributed by atoms with Crippen molar-refractivity contribution < 1.29 is 0 Å². The molecule has 2 N–H and O–H groups in total. The molecule has 0 amide bonds. The van der Waals surface area contributed by atoms with Crippen molar-refractivity contribution in [3.8, 4) is 11.6 Å². The van der Waals surface area contributed by atoms with Crippen molar-refractivity contribution in [2.75, 3.05) is 0 Å². The summed E-state index contributed by atoms with van der Waals surface area (Å²) in [5.41, 5.74) is 6.25. The molecule has 70 valence electrons. The number of aromatic nitrogens is 4. The molecular formula is C9H9N5. The van der Waals surface area contributed by atoms with Crippen molar-refractivity contribution in [1.29, 1.82) is 0 Å². The Balaban J connectivity index is 2.42. The molecular weight excluding hydrogens is 178 g/mol. The lowest BCUT2D eigenvalue weighted by molar-refractivity contribution is 0.955. The van der Waals surface area contributed by atoms with Gasteiger partial charge in [-0.2, -0.15) is 0 Å². The van der Waals surface area contributed by atoms with E-state index in [4.69, 9.17) is 5.73 Å². The molecule has 5 nitrogen and oxygen atoms in total. The minimum absolute atomic E-state index is 0.391. The second-order valence-electron chi connectivity index (χ2n) is 2.65. The Bertz CT molecular complexity index is 415. The summed E-state index contributed by atoms with van der Waals surface area (Å²) in [5, 5.41) is 0. The average Bonchev–Trinajstić information content (AvgIpc) is 2.30. The zero-order valence-corrected chi connectivity index (χ0v) is 7.46. The van der Waals surface area contributed by atoms with Crippen LogP contribution < -0.4 is 5.73 Å². The molecule has 0 fully saturated rings. The summed E-state index contributed by atoms with van der Waals surface area (Å²) in [5.74, 6) is 1.02. The predicted octanol–water partition coefficient (Wildman–Crippen LogP) is 0.392.